The largest absolute Gasteiger partial charge is 0.298 e. The van der Waals surface area contributed by atoms with Crippen molar-refractivity contribution in [3.8, 4) is 0 Å². The van der Waals surface area contributed by atoms with Gasteiger partial charge in [-0.3, -0.25) is 4.79 Å². The van der Waals surface area contributed by atoms with E-state index in [1.54, 1.807) is 24.3 Å². The molecule has 1 aliphatic heterocycles. The van der Waals surface area contributed by atoms with E-state index in [9.17, 15) is 9.70 Å². The molecule has 0 amide bonds. The van der Waals surface area contributed by atoms with Crippen molar-refractivity contribution < 1.29 is 4.79 Å². The third kappa shape index (κ3) is 1.97. The van der Waals surface area contributed by atoms with Gasteiger partial charge in [0, 0.05) is 16.4 Å². The quantitative estimate of drug-likeness (QED) is 0.628. The van der Waals surface area contributed by atoms with Gasteiger partial charge in [0.15, 0.2) is 6.29 Å². The Morgan fingerprint density at radius 1 is 1.00 bits per heavy atom. The van der Waals surface area contributed by atoms with Crippen LogP contribution in [0.5, 0.6) is 0 Å². The Morgan fingerprint density at radius 3 is 2.55 bits per heavy atom. The number of carbonyl (C=O) groups excluding carboxylic acids is 1. The van der Waals surface area contributed by atoms with Crippen molar-refractivity contribution in [3.05, 3.63) is 75.3 Å². The lowest BCUT2D eigenvalue weighted by molar-refractivity contribution is -0.103. The molecular formula is C16H10N2O2. The van der Waals surface area contributed by atoms with Gasteiger partial charge in [-0.05, 0) is 23.4 Å². The van der Waals surface area contributed by atoms with Crippen LogP contribution in [-0.4, -0.2) is 6.29 Å². The summed E-state index contributed by atoms with van der Waals surface area (Å²) >= 11 is 0. The number of para-hydroxylation sites is 1. The van der Waals surface area contributed by atoms with Crippen molar-refractivity contribution in [3.63, 3.8) is 0 Å². The molecule has 0 aliphatic carbocycles. The molecule has 0 aromatic heterocycles. The van der Waals surface area contributed by atoms with Gasteiger partial charge in [0.05, 0.1) is 11.1 Å². The first-order valence-electron chi connectivity index (χ1n) is 6.11. The first kappa shape index (κ1) is 12.2. The molecule has 96 valence electrons. The Bertz CT molecular complexity index is 851. The van der Waals surface area contributed by atoms with Crippen molar-refractivity contribution in [1.29, 1.82) is 0 Å². The fraction of sp³-hybridized carbons (Fsp3) is 0. The Kier molecular flexibility index (Phi) is 3.05. The number of fused-ring (bicyclic) bond motifs is 1. The molecule has 4 heteroatoms. The van der Waals surface area contributed by atoms with Gasteiger partial charge in [-0.25, -0.2) is 4.99 Å². The second-order valence-electron chi connectivity index (χ2n) is 4.34. The molecule has 1 heterocycles. The topological polar surface area (TPSA) is 58.9 Å². The predicted octanol–water partition coefficient (Wildman–Crippen LogP) is 2.11. The SMILES string of the molecule is O=CC1=c2ccccc2=NC1=Cc1ccccc1N=O. The highest BCUT2D eigenvalue weighted by molar-refractivity contribution is 6.08. The van der Waals surface area contributed by atoms with Crippen molar-refractivity contribution >= 4 is 23.6 Å². The van der Waals surface area contributed by atoms with Gasteiger partial charge >= 0.3 is 0 Å². The average molecular weight is 262 g/mol. The van der Waals surface area contributed by atoms with Crippen LogP contribution in [0.4, 0.5) is 5.69 Å². The minimum absolute atomic E-state index is 0.330. The van der Waals surface area contributed by atoms with Crippen molar-refractivity contribution in [1.82, 2.24) is 0 Å². The number of nitrogens with zero attached hydrogens (tertiary/aromatic N) is 2. The van der Waals surface area contributed by atoms with E-state index in [4.69, 9.17) is 0 Å². The van der Waals surface area contributed by atoms with Crippen LogP contribution in [-0.2, 0) is 4.79 Å². The van der Waals surface area contributed by atoms with Crippen LogP contribution >= 0.6 is 0 Å². The highest BCUT2D eigenvalue weighted by Crippen LogP contribution is 2.24. The molecule has 2 aromatic rings. The minimum Gasteiger partial charge on any atom is -0.298 e. The second-order valence-corrected chi connectivity index (χ2v) is 4.34. The van der Waals surface area contributed by atoms with E-state index < -0.39 is 0 Å². The van der Waals surface area contributed by atoms with Crippen molar-refractivity contribution in [2.24, 2.45) is 10.2 Å². The van der Waals surface area contributed by atoms with Crippen LogP contribution < -0.4 is 10.6 Å². The molecule has 1 aliphatic rings. The summed E-state index contributed by atoms with van der Waals surface area (Å²) in [6.07, 6.45) is 2.50. The summed E-state index contributed by atoms with van der Waals surface area (Å²) in [6.45, 7) is 0. The molecule has 0 saturated carbocycles. The van der Waals surface area contributed by atoms with Crippen LogP contribution in [0.1, 0.15) is 5.56 Å². The fourth-order valence-electron chi connectivity index (χ4n) is 2.20. The summed E-state index contributed by atoms with van der Waals surface area (Å²) in [5.74, 6) is 0. The standard InChI is InChI=1S/C16H10N2O2/c19-10-13-12-6-2-4-8-15(12)17-16(13)9-11-5-1-3-7-14(11)18-20/h1-10H. The zero-order chi connectivity index (χ0) is 13.9. The minimum atomic E-state index is 0.330. The summed E-state index contributed by atoms with van der Waals surface area (Å²) in [4.78, 5) is 26.5. The lowest BCUT2D eigenvalue weighted by atomic mass is 10.1. The molecule has 2 aromatic carbocycles. The molecule has 0 spiro atoms. The number of carbonyl (C=O) groups is 1. The lowest BCUT2D eigenvalue weighted by Crippen LogP contribution is -2.22. The number of allylic oxidation sites excluding steroid dienone is 1. The second kappa shape index (κ2) is 5.01. The highest BCUT2D eigenvalue weighted by Gasteiger charge is 2.12. The van der Waals surface area contributed by atoms with Crippen molar-refractivity contribution in [2.45, 2.75) is 0 Å². The van der Waals surface area contributed by atoms with E-state index in [2.05, 4.69) is 10.2 Å². The van der Waals surface area contributed by atoms with E-state index >= 15 is 0 Å². The average Bonchev–Trinajstić information content (AvgIpc) is 2.85. The van der Waals surface area contributed by atoms with Gasteiger partial charge in [0.25, 0.3) is 0 Å². The van der Waals surface area contributed by atoms with Gasteiger partial charge < -0.3 is 0 Å². The van der Waals surface area contributed by atoms with Crippen LogP contribution in [0.2, 0.25) is 0 Å². The number of rotatable bonds is 3. The zero-order valence-electron chi connectivity index (χ0n) is 10.5. The van der Waals surface area contributed by atoms with E-state index in [0.717, 1.165) is 16.9 Å². The first-order chi connectivity index (χ1) is 9.83. The molecule has 0 saturated heterocycles. The third-order valence-electron chi connectivity index (χ3n) is 3.16. The Hall–Kier alpha value is -2.88. The fourth-order valence-corrected chi connectivity index (χ4v) is 2.20. The van der Waals surface area contributed by atoms with E-state index in [0.29, 0.717) is 22.5 Å². The van der Waals surface area contributed by atoms with Crippen LogP contribution in [0.15, 0.2) is 64.4 Å². The van der Waals surface area contributed by atoms with Gasteiger partial charge in [0.2, 0.25) is 0 Å². The predicted molar refractivity (Wildman–Crippen MR) is 76.6 cm³/mol. The first-order valence-corrected chi connectivity index (χ1v) is 6.11. The molecule has 0 bridgehead atoms. The summed E-state index contributed by atoms with van der Waals surface area (Å²) in [6, 6.07) is 14.4. The number of hydrogen-bond donors (Lipinski definition) is 0. The molecule has 20 heavy (non-hydrogen) atoms. The third-order valence-corrected chi connectivity index (χ3v) is 3.16. The molecule has 0 fully saturated rings. The van der Waals surface area contributed by atoms with Gasteiger partial charge in [-0.15, -0.1) is 4.91 Å². The summed E-state index contributed by atoms with van der Waals surface area (Å²) in [5.41, 5.74) is 2.06. The molecule has 0 unspecified atom stereocenters. The highest BCUT2D eigenvalue weighted by atomic mass is 16.3. The van der Waals surface area contributed by atoms with Gasteiger partial charge in [-0.1, -0.05) is 36.4 Å². The lowest BCUT2D eigenvalue weighted by Gasteiger charge is -1.99. The Balaban J connectivity index is 2.22. The zero-order valence-corrected chi connectivity index (χ0v) is 10.5. The molecule has 4 nitrogen and oxygen atoms in total. The maximum atomic E-state index is 11.3. The summed E-state index contributed by atoms with van der Waals surface area (Å²) in [7, 11) is 0. The maximum Gasteiger partial charge on any atom is 0.152 e. The summed E-state index contributed by atoms with van der Waals surface area (Å²) in [5, 5.41) is 4.55. The Labute approximate surface area is 114 Å². The number of benzene rings is 2. The van der Waals surface area contributed by atoms with E-state index in [-0.39, 0.29) is 0 Å². The molecule has 0 radical (unpaired) electrons. The van der Waals surface area contributed by atoms with Gasteiger partial charge in [-0.2, -0.15) is 0 Å². The number of hydrogen-bond acceptors (Lipinski definition) is 4. The normalized spacial score (nSPS) is 14.8. The molecule has 0 atom stereocenters. The van der Waals surface area contributed by atoms with Crippen LogP contribution in [0.3, 0.4) is 0 Å². The number of nitroso groups, excluding NO2 is 1. The summed E-state index contributed by atoms with van der Waals surface area (Å²) < 4.78 is 0. The molecule has 3 rings (SSSR count). The van der Waals surface area contributed by atoms with E-state index in [1.165, 1.54) is 0 Å². The van der Waals surface area contributed by atoms with E-state index in [1.807, 2.05) is 30.3 Å². The molecular weight excluding hydrogens is 252 g/mol. The van der Waals surface area contributed by atoms with Crippen LogP contribution in [0, 0.1) is 4.91 Å². The number of aldehydes is 1. The molecule has 0 N–H and O–H groups in total. The maximum absolute atomic E-state index is 11.3. The van der Waals surface area contributed by atoms with Crippen LogP contribution in [0.25, 0.3) is 11.6 Å². The smallest absolute Gasteiger partial charge is 0.152 e. The monoisotopic (exact) mass is 262 g/mol. The van der Waals surface area contributed by atoms with Crippen molar-refractivity contribution in [2.75, 3.05) is 0 Å². The van der Waals surface area contributed by atoms with Gasteiger partial charge in [0.1, 0.15) is 5.69 Å². The Morgan fingerprint density at radius 2 is 1.75 bits per heavy atom.